The van der Waals surface area contributed by atoms with Crippen LogP contribution < -0.4 is 4.90 Å². The van der Waals surface area contributed by atoms with Crippen molar-refractivity contribution in [1.82, 2.24) is 9.88 Å². The molecule has 0 bridgehead atoms. The summed E-state index contributed by atoms with van der Waals surface area (Å²) in [6.45, 7) is 7.24. The van der Waals surface area contributed by atoms with E-state index in [1.165, 1.54) is 23.9 Å². The summed E-state index contributed by atoms with van der Waals surface area (Å²) in [6.07, 6.45) is 7.48. The molecule has 2 saturated heterocycles. The SMILES string of the molecule is CCCCOC1=CC(C2CCN(C3COC3)CC2)=CCN1c1cc(C(F)F)ccn1. The maximum atomic E-state index is 13.2. The Kier molecular flexibility index (Phi) is 7.00. The normalized spacial score (nSPS) is 21.4. The fourth-order valence-electron chi connectivity index (χ4n) is 4.25. The molecule has 0 saturated carbocycles. The van der Waals surface area contributed by atoms with E-state index in [0.29, 0.717) is 30.9 Å². The lowest BCUT2D eigenvalue weighted by Gasteiger charge is -2.42. The number of allylic oxidation sites excluding steroid dienone is 2. The summed E-state index contributed by atoms with van der Waals surface area (Å²) >= 11 is 0. The van der Waals surface area contributed by atoms with Crippen LogP contribution in [0.4, 0.5) is 14.6 Å². The summed E-state index contributed by atoms with van der Waals surface area (Å²) in [6, 6.07) is 3.42. The van der Waals surface area contributed by atoms with Gasteiger partial charge in [0.1, 0.15) is 5.82 Å². The van der Waals surface area contributed by atoms with Gasteiger partial charge in [-0.1, -0.05) is 19.4 Å². The first-order valence-corrected chi connectivity index (χ1v) is 11.0. The minimum absolute atomic E-state index is 0.0185. The molecule has 0 amide bonds. The Hall–Kier alpha value is -1.99. The predicted molar refractivity (Wildman–Crippen MR) is 112 cm³/mol. The molecule has 30 heavy (non-hydrogen) atoms. The van der Waals surface area contributed by atoms with E-state index in [9.17, 15) is 8.78 Å². The van der Waals surface area contributed by atoms with Gasteiger partial charge in [0.25, 0.3) is 6.43 Å². The van der Waals surface area contributed by atoms with Crippen molar-refractivity contribution >= 4 is 5.82 Å². The van der Waals surface area contributed by atoms with Crippen LogP contribution in [0.15, 0.2) is 41.9 Å². The lowest BCUT2D eigenvalue weighted by Crippen LogP contribution is -2.51. The molecule has 164 valence electrons. The van der Waals surface area contributed by atoms with E-state index in [4.69, 9.17) is 9.47 Å². The fourth-order valence-corrected chi connectivity index (χ4v) is 4.25. The van der Waals surface area contributed by atoms with E-state index >= 15 is 0 Å². The molecular formula is C23H31F2N3O2. The number of unbranched alkanes of at least 4 members (excludes halogenated alkanes) is 1. The highest BCUT2D eigenvalue weighted by atomic mass is 19.3. The van der Waals surface area contributed by atoms with Gasteiger partial charge in [-0.25, -0.2) is 13.8 Å². The molecule has 3 aliphatic rings. The van der Waals surface area contributed by atoms with Gasteiger partial charge in [0, 0.05) is 24.4 Å². The number of hydrogen-bond acceptors (Lipinski definition) is 5. The van der Waals surface area contributed by atoms with Crippen molar-refractivity contribution in [2.45, 2.75) is 45.1 Å². The molecule has 0 aliphatic carbocycles. The van der Waals surface area contributed by atoms with E-state index in [2.05, 4.69) is 29.0 Å². The summed E-state index contributed by atoms with van der Waals surface area (Å²) in [7, 11) is 0. The van der Waals surface area contributed by atoms with Crippen LogP contribution in [0.25, 0.3) is 0 Å². The summed E-state index contributed by atoms with van der Waals surface area (Å²) < 4.78 is 37.8. The Balaban J connectivity index is 1.47. The van der Waals surface area contributed by atoms with E-state index in [0.717, 1.165) is 57.9 Å². The molecule has 0 N–H and O–H groups in total. The van der Waals surface area contributed by atoms with Crippen LogP contribution in [0.1, 0.15) is 44.6 Å². The zero-order valence-corrected chi connectivity index (χ0v) is 17.6. The third-order valence-corrected chi connectivity index (χ3v) is 6.25. The van der Waals surface area contributed by atoms with Crippen LogP contribution in [0.2, 0.25) is 0 Å². The molecule has 0 spiro atoms. The molecule has 3 aliphatic heterocycles. The van der Waals surface area contributed by atoms with Gasteiger partial charge >= 0.3 is 0 Å². The van der Waals surface area contributed by atoms with Gasteiger partial charge in [-0.2, -0.15) is 0 Å². The topological polar surface area (TPSA) is 37.8 Å². The van der Waals surface area contributed by atoms with Crippen molar-refractivity contribution in [3.63, 3.8) is 0 Å². The van der Waals surface area contributed by atoms with Gasteiger partial charge in [-0.05, 0) is 56.0 Å². The van der Waals surface area contributed by atoms with Crippen LogP contribution in [0, 0.1) is 5.92 Å². The number of pyridine rings is 1. The van der Waals surface area contributed by atoms with Crippen LogP contribution in [-0.4, -0.2) is 55.4 Å². The molecule has 1 aromatic rings. The number of anilines is 1. The molecule has 4 heterocycles. The number of aromatic nitrogens is 1. The van der Waals surface area contributed by atoms with Gasteiger partial charge < -0.3 is 9.47 Å². The van der Waals surface area contributed by atoms with Crippen LogP contribution >= 0.6 is 0 Å². The highest BCUT2D eigenvalue weighted by Gasteiger charge is 2.31. The minimum Gasteiger partial charge on any atom is -0.479 e. The van der Waals surface area contributed by atoms with Gasteiger partial charge in [-0.15, -0.1) is 0 Å². The summed E-state index contributed by atoms with van der Waals surface area (Å²) in [5, 5.41) is 0. The highest BCUT2D eigenvalue weighted by molar-refractivity contribution is 5.51. The second-order valence-corrected chi connectivity index (χ2v) is 8.25. The number of alkyl halides is 2. The second-order valence-electron chi connectivity index (χ2n) is 8.25. The number of likely N-dealkylation sites (tertiary alicyclic amines) is 1. The summed E-state index contributed by atoms with van der Waals surface area (Å²) in [4.78, 5) is 8.76. The minimum atomic E-state index is -2.51. The van der Waals surface area contributed by atoms with Crippen LogP contribution in [0.5, 0.6) is 0 Å². The van der Waals surface area contributed by atoms with Crippen molar-refractivity contribution in [2.75, 3.05) is 44.4 Å². The molecule has 0 radical (unpaired) electrons. The predicted octanol–water partition coefficient (Wildman–Crippen LogP) is 4.53. The monoisotopic (exact) mass is 419 g/mol. The quantitative estimate of drug-likeness (QED) is 0.579. The fraction of sp³-hybridized carbons (Fsp3) is 0.609. The first-order chi connectivity index (χ1) is 14.7. The third-order valence-electron chi connectivity index (χ3n) is 6.25. The van der Waals surface area contributed by atoms with Crippen LogP contribution in [-0.2, 0) is 9.47 Å². The zero-order chi connectivity index (χ0) is 20.9. The van der Waals surface area contributed by atoms with Crippen molar-refractivity contribution in [3.05, 3.63) is 47.5 Å². The first kappa shape index (κ1) is 21.2. The highest BCUT2D eigenvalue weighted by Crippen LogP contribution is 2.33. The lowest BCUT2D eigenvalue weighted by molar-refractivity contribution is -0.0724. The lowest BCUT2D eigenvalue weighted by atomic mass is 9.87. The third kappa shape index (κ3) is 4.83. The molecule has 0 unspecified atom stereocenters. The number of hydrogen-bond donors (Lipinski definition) is 0. The van der Waals surface area contributed by atoms with Gasteiger partial charge in [0.2, 0.25) is 0 Å². The van der Waals surface area contributed by atoms with E-state index in [-0.39, 0.29) is 5.56 Å². The molecular weight excluding hydrogens is 388 g/mol. The Bertz CT molecular complexity index is 771. The van der Waals surface area contributed by atoms with Gasteiger partial charge in [-0.3, -0.25) is 9.80 Å². The molecule has 5 nitrogen and oxygen atoms in total. The molecule has 0 aromatic carbocycles. The van der Waals surface area contributed by atoms with E-state index in [1.807, 2.05) is 4.90 Å². The molecule has 4 rings (SSSR count). The Morgan fingerprint density at radius 3 is 2.73 bits per heavy atom. The average Bonchev–Trinajstić information content (AvgIpc) is 2.73. The van der Waals surface area contributed by atoms with Crippen molar-refractivity contribution < 1.29 is 18.3 Å². The van der Waals surface area contributed by atoms with Crippen molar-refractivity contribution in [3.8, 4) is 0 Å². The van der Waals surface area contributed by atoms with Crippen LogP contribution in [0.3, 0.4) is 0 Å². The van der Waals surface area contributed by atoms with Crippen molar-refractivity contribution in [2.24, 2.45) is 5.92 Å². The summed E-state index contributed by atoms with van der Waals surface area (Å²) in [5.74, 6) is 1.73. The number of rotatable bonds is 8. The summed E-state index contributed by atoms with van der Waals surface area (Å²) in [5.41, 5.74) is 1.28. The Labute approximate surface area is 177 Å². The standard InChI is InChI=1S/C23H31F2N3O2/c1-2-3-12-30-22-14-18(17-5-9-27(10-6-17)20-15-29-16-20)7-11-28(22)21-13-19(23(24)25)4-8-26-21/h4,7-8,13-14,17,20,23H,2-3,5-6,9-12,15-16H2,1H3. The molecule has 2 fully saturated rings. The number of ether oxygens (including phenoxy) is 2. The Morgan fingerprint density at radius 2 is 2.07 bits per heavy atom. The molecule has 0 atom stereocenters. The second kappa shape index (κ2) is 9.88. The Morgan fingerprint density at radius 1 is 1.27 bits per heavy atom. The van der Waals surface area contributed by atoms with Crippen molar-refractivity contribution in [1.29, 1.82) is 0 Å². The maximum Gasteiger partial charge on any atom is 0.264 e. The zero-order valence-electron chi connectivity index (χ0n) is 17.6. The average molecular weight is 420 g/mol. The number of halogens is 2. The van der Waals surface area contributed by atoms with Gasteiger partial charge in [0.15, 0.2) is 5.88 Å². The maximum absolute atomic E-state index is 13.2. The largest absolute Gasteiger partial charge is 0.479 e. The number of nitrogens with zero attached hydrogens (tertiary/aromatic N) is 3. The number of piperidine rings is 1. The van der Waals surface area contributed by atoms with E-state index in [1.54, 1.807) is 0 Å². The van der Waals surface area contributed by atoms with E-state index < -0.39 is 6.43 Å². The smallest absolute Gasteiger partial charge is 0.264 e. The first-order valence-electron chi connectivity index (χ1n) is 11.0. The molecule has 7 heteroatoms. The molecule has 1 aromatic heterocycles. The van der Waals surface area contributed by atoms with Gasteiger partial charge in [0.05, 0.1) is 25.9 Å².